The third-order valence-corrected chi connectivity index (χ3v) is 4.99. The predicted molar refractivity (Wildman–Crippen MR) is 96.6 cm³/mol. The summed E-state index contributed by atoms with van der Waals surface area (Å²) in [5.74, 6) is -1.33. The van der Waals surface area contributed by atoms with Crippen molar-refractivity contribution in [3.8, 4) is 5.69 Å². The van der Waals surface area contributed by atoms with Crippen LogP contribution in [-0.2, 0) is 16.0 Å². The van der Waals surface area contributed by atoms with Crippen molar-refractivity contribution in [2.75, 3.05) is 7.05 Å². The molecule has 0 radical (unpaired) electrons. The van der Waals surface area contributed by atoms with E-state index in [1.54, 1.807) is 22.9 Å². The molecular weight excluding hydrogens is 365 g/mol. The standard InChI is InChI=1S/C17H19Cl2N3O3/c1-9-13(8-16(23)21(4)11(3)17(24)25)10(2)22(20-9)12-5-6-14(18)15(19)7-12/h5-7,11H,8H2,1-4H3,(H,24,25). The lowest BCUT2D eigenvalue weighted by Gasteiger charge is -2.21. The number of nitrogens with zero attached hydrogens (tertiary/aromatic N) is 3. The first kappa shape index (κ1) is 19.3. The van der Waals surface area contributed by atoms with Crippen LogP contribution in [0.4, 0.5) is 0 Å². The molecule has 1 unspecified atom stereocenters. The van der Waals surface area contributed by atoms with Crippen LogP contribution < -0.4 is 0 Å². The molecule has 0 spiro atoms. The van der Waals surface area contributed by atoms with E-state index in [9.17, 15) is 9.59 Å². The zero-order valence-corrected chi connectivity index (χ0v) is 15.9. The number of aryl methyl sites for hydroxylation is 1. The van der Waals surface area contributed by atoms with Gasteiger partial charge in [-0.05, 0) is 39.0 Å². The molecule has 25 heavy (non-hydrogen) atoms. The maximum absolute atomic E-state index is 12.4. The van der Waals surface area contributed by atoms with Crippen molar-refractivity contribution in [3.63, 3.8) is 0 Å². The van der Waals surface area contributed by atoms with E-state index in [0.29, 0.717) is 15.7 Å². The van der Waals surface area contributed by atoms with Crippen LogP contribution in [0.15, 0.2) is 18.2 Å². The topological polar surface area (TPSA) is 75.4 Å². The number of hydrogen-bond acceptors (Lipinski definition) is 3. The highest BCUT2D eigenvalue weighted by atomic mass is 35.5. The maximum atomic E-state index is 12.4. The highest BCUT2D eigenvalue weighted by Crippen LogP contribution is 2.26. The van der Waals surface area contributed by atoms with Crippen molar-refractivity contribution >= 4 is 35.1 Å². The normalized spacial score (nSPS) is 12.1. The smallest absolute Gasteiger partial charge is 0.326 e. The Bertz CT molecular complexity index is 833. The van der Waals surface area contributed by atoms with Gasteiger partial charge in [-0.15, -0.1) is 0 Å². The van der Waals surface area contributed by atoms with Crippen LogP contribution >= 0.6 is 23.2 Å². The number of hydrogen-bond donors (Lipinski definition) is 1. The monoisotopic (exact) mass is 383 g/mol. The quantitative estimate of drug-likeness (QED) is 0.859. The van der Waals surface area contributed by atoms with E-state index in [4.69, 9.17) is 28.3 Å². The number of aliphatic carboxylic acids is 1. The molecule has 0 fully saturated rings. The molecule has 1 amide bonds. The fourth-order valence-corrected chi connectivity index (χ4v) is 2.75. The molecule has 8 heteroatoms. The van der Waals surface area contributed by atoms with Crippen LogP contribution in [0, 0.1) is 13.8 Å². The van der Waals surface area contributed by atoms with Gasteiger partial charge in [0, 0.05) is 18.3 Å². The fourth-order valence-electron chi connectivity index (χ4n) is 2.46. The fraction of sp³-hybridized carbons (Fsp3) is 0.353. The van der Waals surface area contributed by atoms with Crippen LogP contribution in [0.25, 0.3) is 5.69 Å². The molecule has 1 N–H and O–H groups in total. The van der Waals surface area contributed by atoms with E-state index in [1.165, 1.54) is 18.9 Å². The number of aromatic nitrogens is 2. The van der Waals surface area contributed by atoms with Gasteiger partial charge in [0.15, 0.2) is 0 Å². The summed E-state index contributed by atoms with van der Waals surface area (Å²) >= 11 is 12.0. The Morgan fingerprint density at radius 2 is 1.92 bits per heavy atom. The van der Waals surface area contributed by atoms with Crippen molar-refractivity contribution < 1.29 is 14.7 Å². The molecule has 0 aliphatic rings. The number of halogens is 2. The van der Waals surface area contributed by atoms with E-state index >= 15 is 0 Å². The number of carboxylic acid groups (broad SMARTS) is 1. The van der Waals surface area contributed by atoms with Crippen molar-refractivity contribution in [1.82, 2.24) is 14.7 Å². The molecule has 0 saturated heterocycles. The predicted octanol–water partition coefficient (Wildman–Crippen LogP) is 3.27. The Morgan fingerprint density at radius 3 is 2.48 bits per heavy atom. The molecule has 0 aliphatic heterocycles. The van der Waals surface area contributed by atoms with Crippen molar-refractivity contribution in [2.45, 2.75) is 33.2 Å². The molecule has 2 rings (SSSR count). The molecule has 6 nitrogen and oxygen atoms in total. The first-order chi connectivity index (χ1) is 11.6. The number of benzene rings is 1. The summed E-state index contributed by atoms with van der Waals surface area (Å²) in [5, 5.41) is 14.4. The summed E-state index contributed by atoms with van der Waals surface area (Å²) in [6.07, 6.45) is 0.0765. The Morgan fingerprint density at radius 1 is 1.28 bits per heavy atom. The molecule has 1 aromatic carbocycles. The van der Waals surface area contributed by atoms with Crippen LogP contribution in [0.3, 0.4) is 0 Å². The van der Waals surface area contributed by atoms with Crippen molar-refractivity contribution in [3.05, 3.63) is 45.2 Å². The van der Waals surface area contributed by atoms with E-state index in [2.05, 4.69) is 5.10 Å². The molecule has 1 heterocycles. The summed E-state index contributed by atoms with van der Waals surface area (Å²) in [7, 11) is 1.48. The Balaban J connectivity index is 2.32. The largest absolute Gasteiger partial charge is 0.480 e. The SMILES string of the molecule is Cc1nn(-c2ccc(Cl)c(Cl)c2)c(C)c1CC(=O)N(C)C(C)C(=O)O. The highest BCUT2D eigenvalue weighted by Gasteiger charge is 2.24. The van der Waals surface area contributed by atoms with E-state index in [1.807, 2.05) is 13.8 Å². The molecular formula is C17H19Cl2N3O3. The average Bonchev–Trinajstić information content (AvgIpc) is 2.83. The van der Waals surface area contributed by atoms with Gasteiger partial charge in [-0.25, -0.2) is 9.48 Å². The van der Waals surface area contributed by atoms with Crippen molar-refractivity contribution in [1.29, 1.82) is 0 Å². The first-order valence-electron chi connectivity index (χ1n) is 7.62. The van der Waals surface area contributed by atoms with Crippen LogP contribution in [0.5, 0.6) is 0 Å². The number of carbonyl (C=O) groups is 2. The molecule has 1 aromatic heterocycles. The van der Waals surface area contributed by atoms with Crippen LogP contribution in [-0.4, -0.2) is 44.8 Å². The highest BCUT2D eigenvalue weighted by molar-refractivity contribution is 6.42. The summed E-state index contributed by atoms with van der Waals surface area (Å²) in [6, 6.07) is 4.28. The van der Waals surface area contributed by atoms with Gasteiger partial charge < -0.3 is 10.0 Å². The van der Waals surface area contributed by atoms with E-state index < -0.39 is 12.0 Å². The summed E-state index contributed by atoms with van der Waals surface area (Å²) in [6.45, 7) is 5.13. The lowest BCUT2D eigenvalue weighted by molar-refractivity contribution is -0.148. The number of carbonyl (C=O) groups excluding carboxylic acids is 1. The van der Waals surface area contributed by atoms with Crippen LogP contribution in [0.1, 0.15) is 23.9 Å². The summed E-state index contributed by atoms with van der Waals surface area (Å²) in [5.41, 5.74) is 3.00. The Kier molecular flexibility index (Phi) is 5.75. The number of likely N-dealkylation sites (N-methyl/N-ethyl adjacent to an activating group) is 1. The van der Waals surface area contributed by atoms with Gasteiger partial charge in [0.1, 0.15) is 6.04 Å². The second-order valence-electron chi connectivity index (χ2n) is 5.86. The average molecular weight is 384 g/mol. The van der Waals surface area contributed by atoms with Gasteiger partial charge in [0.05, 0.1) is 27.8 Å². The minimum atomic E-state index is -1.05. The molecule has 1 atom stereocenters. The summed E-state index contributed by atoms with van der Waals surface area (Å²) < 4.78 is 1.70. The third-order valence-electron chi connectivity index (χ3n) is 4.25. The van der Waals surface area contributed by atoms with Crippen LogP contribution in [0.2, 0.25) is 10.0 Å². The van der Waals surface area contributed by atoms with Gasteiger partial charge >= 0.3 is 5.97 Å². The van der Waals surface area contributed by atoms with Gasteiger partial charge in [0.2, 0.25) is 5.91 Å². The van der Waals surface area contributed by atoms with E-state index in [0.717, 1.165) is 16.9 Å². The van der Waals surface area contributed by atoms with E-state index in [-0.39, 0.29) is 12.3 Å². The molecule has 0 bridgehead atoms. The zero-order valence-electron chi connectivity index (χ0n) is 14.4. The lowest BCUT2D eigenvalue weighted by Crippen LogP contribution is -2.41. The third kappa shape index (κ3) is 3.96. The van der Waals surface area contributed by atoms with Crippen molar-refractivity contribution in [2.24, 2.45) is 0 Å². The lowest BCUT2D eigenvalue weighted by atomic mass is 10.1. The number of amides is 1. The van der Waals surface area contributed by atoms with Gasteiger partial charge in [-0.2, -0.15) is 5.10 Å². The van der Waals surface area contributed by atoms with Gasteiger partial charge in [-0.1, -0.05) is 23.2 Å². The molecule has 0 saturated carbocycles. The molecule has 134 valence electrons. The maximum Gasteiger partial charge on any atom is 0.326 e. The summed E-state index contributed by atoms with van der Waals surface area (Å²) in [4.78, 5) is 24.7. The minimum Gasteiger partial charge on any atom is -0.480 e. The zero-order chi connectivity index (χ0) is 18.9. The molecule has 0 aliphatic carbocycles. The second kappa shape index (κ2) is 7.45. The minimum absolute atomic E-state index is 0.0765. The Hall–Kier alpha value is -2.05. The van der Waals surface area contributed by atoms with Gasteiger partial charge in [0.25, 0.3) is 0 Å². The Labute approximate surface area is 155 Å². The number of carboxylic acids is 1. The molecule has 2 aromatic rings. The second-order valence-corrected chi connectivity index (χ2v) is 6.67. The number of rotatable bonds is 5. The van der Waals surface area contributed by atoms with Gasteiger partial charge in [-0.3, -0.25) is 4.79 Å². The first-order valence-corrected chi connectivity index (χ1v) is 8.38.